The zero-order chi connectivity index (χ0) is 14.6. The van der Waals surface area contributed by atoms with Gasteiger partial charge < -0.3 is 9.52 Å². The number of hydrogen-bond donors (Lipinski definition) is 2. The van der Waals surface area contributed by atoms with E-state index in [1.54, 1.807) is 0 Å². The fraction of sp³-hybridized carbons (Fsp3) is 0.583. The van der Waals surface area contributed by atoms with E-state index in [0.717, 1.165) is 6.42 Å². The first-order chi connectivity index (χ1) is 8.56. The second kappa shape index (κ2) is 4.08. The molecule has 1 fully saturated rings. The highest BCUT2D eigenvalue weighted by molar-refractivity contribution is 7.89. The van der Waals surface area contributed by atoms with E-state index < -0.39 is 16.0 Å². The number of hydrogen-bond acceptors (Lipinski definition) is 4. The Labute approximate surface area is 111 Å². The van der Waals surface area contributed by atoms with Crippen LogP contribution in [0.15, 0.2) is 9.31 Å². The van der Waals surface area contributed by atoms with Crippen LogP contribution in [0.25, 0.3) is 0 Å². The van der Waals surface area contributed by atoms with E-state index in [4.69, 9.17) is 9.52 Å². The molecule has 0 aliphatic heterocycles. The Morgan fingerprint density at radius 1 is 1.37 bits per heavy atom. The number of aryl methyl sites for hydroxylation is 2. The lowest BCUT2D eigenvalue weighted by Crippen LogP contribution is -2.30. The van der Waals surface area contributed by atoms with Gasteiger partial charge in [-0.05, 0) is 25.7 Å². The summed E-state index contributed by atoms with van der Waals surface area (Å²) in [5, 5.41) is 9.12. The van der Waals surface area contributed by atoms with Gasteiger partial charge in [-0.15, -0.1) is 0 Å². The van der Waals surface area contributed by atoms with Crippen molar-refractivity contribution in [2.45, 2.75) is 45.1 Å². The summed E-state index contributed by atoms with van der Waals surface area (Å²) in [6.45, 7) is 6.79. The van der Waals surface area contributed by atoms with Crippen LogP contribution in [0.1, 0.15) is 42.1 Å². The van der Waals surface area contributed by atoms with Crippen LogP contribution in [-0.2, 0) is 10.0 Å². The number of sulfonamides is 1. The number of carbonyl (C=O) groups is 1. The van der Waals surface area contributed by atoms with Gasteiger partial charge in [-0.1, -0.05) is 13.8 Å². The summed E-state index contributed by atoms with van der Waals surface area (Å²) in [4.78, 5) is 10.9. The van der Waals surface area contributed by atoms with Crippen molar-refractivity contribution in [3.8, 4) is 0 Å². The Balaban J connectivity index is 2.44. The number of rotatable bonds is 4. The second-order valence-corrected chi connectivity index (χ2v) is 7.24. The summed E-state index contributed by atoms with van der Waals surface area (Å²) >= 11 is 0. The van der Waals surface area contributed by atoms with E-state index in [1.165, 1.54) is 13.8 Å². The van der Waals surface area contributed by atoms with Crippen LogP contribution in [0.3, 0.4) is 0 Å². The van der Waals surface area contributed by atoms with Gasteiger partial charge in [-0.3, -0.25) is 0 Å². The molecule has 0 aromatic carbocycles. The first kappa shape index (κ1) is 14.1. The van der Waals surface area contributed by atoms with Crippen molar-refractivity contribution in [3.05, 3.63) is 17.1 Å². The quantitative estimate of drug-likeness (QED) is 0.878. The maximum absolute atomic E-state index is 12.3. The molecule has 0 saturated heterocycles. The molecule has 2 rings (SSSR count). The van der Waals surface area contributed by atoms with Gasteiger partial charge in [0.2, 0.25) is 10.0 Å². The fourth-order valence-corrected chi connectivity index (χ4v) is 3.96. The molecule has 1 unspecified atom stereocenters. The molecule has 0 spiro atoms. The smallest absolute Gasteiger partial charge is 0.340 e. The minimum atomic E-state index is -3.88. The number of aromatic carboxylic acids is 1. The molecule has 0 amide bonds. The molecule has 1 heterocycles. The fourth-order valence-electron chi connectivity index (χ4n) is 2.15. The molecule has 1 atom stereocenters. The van der Waals surface area contributed by atoms with E-state index in [-0.39, 0.29) is 33.4 Å². The summed E-state index contributed by atoms with van der Waals surface area (Å²) < 4.78 is 32.3. The van der Waals surface area contributed by atoms with Crippen LogP contribution in [-0.4, -0.2) is 25.5 Å². The Hall–Kier alpha value is -1.34. The number of furan rings is 1. The molecule has 0 bridgehead atoms. The van der Waals surface area contributed by atoms with Crippen LogP contribution < -0.4 is 4.72 Å². The van der Waals surface area contributed by atoms with E-state index in [2.05, 4.69) is 4.72 Å². The molecule has 1 aromatic heterocycles. The molecule has 19 heavy (non-hydrogen) atoms. The van der Waals surface area contributed by atoms with Gasteiger partial charge in [0.15, 0.2) is 0 Å². The highest BCUT2D eigenvalue weighted by Crippen LogP contribution is 2.45. The van der Waals surface area contributed by atoms with Crippen LogP contribution in [0.5, 0.6) is 0 Å². The molecule has 106 valence electrons. The van der Waals surface area contributed by atoms with Crippen molar-refractivity contribution in [1.29, 1.82) is 0 Å². The lowest BCUT2D eigenvalue weighted by atomic mass is 10.2. The minimum Gasteiger partial charge on any atom is -0.478 e. The maximum atomic E-state index is 12.3. The van der Waals surface area contributed by atoms with Crippen LogP contribution >= 0.6 is 0 Å². The first-order valence-electron chi connectivity index (χ1n) is 5.92. The average Bonchev–Trinajstić information content (AvgIpc) is 2.66. The summed E-state index contributed by atoms with van der Waals surface area (Å²) in [5.41, 5.74) is -0.369. The Morgan fingerprint density at radius 2 is 1.89 bits per heavy atom. The number of nitrogens with one attached hydrogen (secondary N) is 1. The molecule has 6 nitrogen and oxygen atoms in total. The lowest BCUT2D eigenvalue weighted by Gasteiger charge is -2.08. The summed E-state index contributed by atoms with van der Waals surface area (Å²) in [6.07, 6.45) is 0.741. The second-order valence-electron chi connectivity index (χ2n) is 5.59. The predicted molar refractivity (Wildman–Crippen MR) is 67.6 cm³/mol. The van der Waals surface area contributed by atoms with Gasteiger partial charge in [0.05, 0.1) is 0 Å². The van der Waals surface area contributed by atoms with Crippen LogP contribution in [0.2, 0.25) is 0 Å². The third-order valence-corrected chi connectivity index (χ3v) is 5.12. The molecule has 1 aliphatic carbocycles. The molecule has 0 radical (unpaired) electrons. The zero-order valence-electron chi connectivity index (χ0n) is 11.3. The van der Waals surface area contributed by atoms with Crippen LogP contribution in [0.4, 0.5) is 0 Å². The van der Waals surface area contributed by atoms with Gasteiger partial charge in [0, 0.05) is 6.04 Å². The highest BCUT2D eigenvalue weighted by Gasteiger charge is 2.48. The lowest BCUT2D eigenvalue weighted by molar-refractivity contribution is 0.0691. The normalized spacial score (nSPS) is 21.4. The summed E-state index contributed by atoms with van der Waals surface area (Å²) in [6, 6.07) is -0.159. The Morgan fingerprint density at radius 3 is 2.32 bits per heavy atom. The van der Waals surface area contributed by atoms with E-state index in [0.29, 0.717) is 0 Å². The molecule has 7 heteroatoms. The van der Waals surface area contributed by atoms with Crippen molar-refractivity contribution in [2.24, 2.45) is 5.41 Å². The molecule has 1 aliphatic rings. The third-order valence-electron chi connectivity index (χ3n) is 3.50. The van der Waals surface area contributed by atoms with Gasteiger partial charge in [-0.2, -0.15) is 0 Å². The SMILES string of the molecule is Cc1oc(C)c(S(=O)(=O)NC2CC2(C)C)c1C(=O)O. The summed E-state index contributed by atoms with van der Waals surface area (Å²) in [7, 11) is -3.88. The molecule has 1 aromatic rings. The summed E-state index contributed by atoms with van der Waals surface area (Å²) in [5.74, 6) is -1.11. The standard InChI is InChI=1S/C12H17NO5S/c1-6-9(11(14)15)10(7(2)18-6)19(16,17)13-8-5-12(8,3)4/h8,13H,5H2,1-4H3,(H,14,15). The van der Waals surface area contributed by atoms with Crippen molar-refractivity contribution < 1.29 is 22.7 Å². The van der Waals surface area contributed by atoms with Gasteiger partial charge in [-0.25, -0.2) is 17.9 Å². The van der Waals surface area contributed by atoms with Crippen LogP contribution in [0, 0.1) is 19.3 Å². The van der Waals surface area contributed by atoms with E-state index in [1.807, 2.05) is 13.8 Å². The van der Waals surface area contributed by atoms with Gasteiger partial charge >= 0.3 is 5.97 Å². The van der Waals surface area contributed by atoms with Gasteiger partial charge in [0.25, 0.3) is 0 Å². The molecule has 2 N–H and O–H groups in total. The number of carboxylic acids is 1. The van der Waals surface area contributed by atoms with Crippen molar-refractivity contribution >= 4 is 16.0 Å². The zero-order valence-corrected chi connectivity index (χ0v) is 12.1. The number of carboxylic acid groups (broad SMARTS) is 1. The minimum absolute atomic E-state index is 0.0802. The first-order valence-corrected chi connectivity index (χ1v) is 7.40. The van der Waals surface area contributed by atoms with Crippen molar-refractivity contribution in [2.75, 3.05) is 0 Å². The Kier molecular flexibility index (Phi) is 3.02. The third kappa shape index (κ3) is 2.40. The largest absolute Gasteiger partial charge is 0.478 e. The monoisotopic (exact) mass is 287 g/mol. The van der Waals surface area contributed by atoms with Gasteiger partial charge in [0.1, 0.15) is 22.0 Å². The molecular formula is C12H17NO5S. The average molecular weight is 287 g/mol. The maximum Gasteiger partial charge on any atom is 0.340 e. The Bertz CT molecular complexity index is 641. The van der Waals surface area contributed by atoms with Crippen molar-refractivity contribution in [1.82, 2.24) is 4.72 Å². The molecular weight excluding hydrogens is 270 g/mol. The highest BCUT2D eigenvalue weighted by atomic mass is 32.2. The molecule has 1 saturated carbocycles. The van der Waals surface area contributed by atoms with E-state index in [9.17, 15) is 13.2 Å². The van der Waals surface area contributed by atoms with E-state index >= 15 is 0 Å². The van der Waals surface area contributed by atoms with Crippen molar-refractivity contribution in [3.63, 3.8) is 0 Å². The predicted octanol–water partition coefficient (Wildman–Crippen LogP) is 1.67. The topological polar surface area (TPSA) is 96.6 Å².